The summed E-state index contributed by atoms with van der Waals surface area (Å²) < 4.78 is 6.19. The smallest absolute Gasteiger partial charge is 0.265 e. The van der Waals surface area contributed by atoms with Crippen molar-refractivity contribution in [2.75, 3.05) is 19.8 Å². The number of carbonyl (C=O) groups excluding carboxylic acids is 1. The van der Waals surface area contributed by atoms with Gasteiger partial charge in [-0.3, -0.25) is 4.79 Å². The molecule has 1 saturated heterocycles. The van der Waals surface area contributed by atoms with E-state index in [2.05, 4.69) is 15.9 Å². The van der Waals surface area contributed by atoms with E-state index in [-0.39, 0.29) is 11.9 Å². The Balaban J connectivity index is 2.17. The summed E-state index contributed by atoms with van der Waals surface area (Å²) in [6.45, 7) is 3.97. The molecule has 1 aromatic heterocycles. The van der Waals surface area contributed by atoms with Gasteiger partial charge in [0, 0.05) is 11.0 Å². The number of thiophene rings is 1. The number of ether oxygens (including phenoxy) is 1. The van der Waals surface area contributed by atoms with E-state index in [4.69, 9.17) is 4.74 Å². The van der Waals surface area contributed by atoms with Crippen molar-refractivity contribution in [2.45, 2.75) is 13.0 Å². The van der Waals surface area contributed by atoms with Gasteiger partial charge in [0.2, 0.25) is 0 Å². The van der Waals surface area contributed by atoms with Gasteiger partial charge in [0.1, 0.15) is 4.88 Å². The molecule has 5 heteroatoms. The highest BCUT2D eigenvalue weighted by Crippen LogP contribution is 2.25. The standard InChI is InChI=1S/C10H12BrNO2S/c1-7-6-14-4-3-12(7)10(13)9-8(11)2-5-15-9/h2,5,7H,3-4,6H2,1H3. The summed E-state index contributed by atoms with van der Waals surface area (Å²) in [5.41, 5.74) is 0. The van der Waals surface area contributed by atoms with Crippen molar-refractivity contribution in [3.63, 3.8) is 0 Å². The molecule has 1 atom stereocenters. The second kappa shape index (κ2) is 4.63. The predicted octanol–water partition coefficient (Wildman–Crippen LogP) is 2.37. The Morgan fingerprint density at radius 3 is 3.13 bits per heavy atom. The Bertz CT molecular complexity index is 366. The highest BCUT2D eigenvalue weighted by atomic mass is 79.9. The molecule has 0 aliphatic carbocycles. The molecule has 0 saturated carbocycles. The number of carbonyl (C=O) groups is 1. The van der Waals surface area contributed by atoms with E-state index in [0.29, 0.717) is 19.8 Å². The number of rotatable bonds is 1. The van der Waals surface area contributed by atoms with Gasteiger partial charge in [0.25, 0.3) is 5.91 Å². The van der Waals surface area contributed by atoms with Crippen LogP contribution in [0.2, 0.25) is 0 Å². The number of halogens is 1. The molecule has 2 rings (SSSR count). The third-order valence-electron chi connectivity index (χ3n) is 2.44. The van der Waals surface area contributed by atoms with E-state index in [1.54, 1.807) is 0 Å². The predicted molar refractivity (Wildman–Crippen MR) is 63.3 cm³/mol. The van der Waals surface area contributed by atoms with Crippen LogP contribution in [0.25, 0.3) is 0 Å². The zero-order valence-electron chi connectivity index (χ0n) is 8.40. The van der Waals surface area contributed by atoms with Crippen LogP contribution >= 0.6 is 27.3 Å². The van der Waals surface area contributed by atoms with Gasteiger partial charge in [-0.25, -0.2) is 0 Å². The molecule has 0 bridgehead atoms. The molecule has 1 aliphatic rings. The van der Waals surface area contributed by atoms with E-state index >= 15 is 0 Å². The lowest BCUT2D eigenvalue weighted by atomic mass is 10.2. The lowest BCUT2D eigenvalue weighted by molar-refractivity contribution is 0.00382. The molecule has 1 amide bonds. The fraction of sp³-hybridized carbons (Fsp3) is 0.500. The first kappa shape index (κ1) is 11.1. The average Bonchev–Trinajstić information content (AvgIpc) is 2.64. The summed E-state index contributed by atoms with van der Waals surface area (Å²) in [7, 11) is 0. The molecular formula is C10H12BrNO2S. The highest BCUT2D eigenvalue weighted by Gasteiger charge is 2.26. The molecular weight excluding hydrogens is 278 g/mol. The maximum Gasteiger partial charge on any atom is 0.265 e. The van der Waals surface area contributed by atoms with Crippen molar-refractivity contribution in [2.24, 2.45) is 0 Å². The van der Waals surface area contributed by atoms with Gasteiger partial charge in [-0.05, 0) is 34.3 Å². The molecule has 1 aliphatic heterocycles. The zero-order valence-corrected chi connectivity index (χ0v) is 10.8. The van der Waals surface area contributed by atoms with Crippen LogP contribution in [0.15, 0.2) is 15.9 Å². The monoisotopic (exact) mass is 289 g/mol. The summed E-state index contributed by atoms with van der Waals surface area (Å²) in [5, 5.41) is 1.92. The topological polar surface area (TPSA) is 29.5 Å². The van der Waals surface area contributed by atoms with E-state index in [0.717, 1.165) is 9.35 Å². The quantitative estimate of drug-likeness (QED) is 0.794. The van der Waals surface area contributed by atoms with E-state index in [9.17, 15) is 4.79 Å². The number of morpholine rings is 1. The van der Waals surface area contributed by atoms with E-state index in [1.165, 1.54) is 11.3 Å². The van der Waals surface area contributed by atoms with Crippen LogP contribution in [0.5, 0.6) is 0 Å². The van der Waals surface area contributed by atoms with E-state index in [1.807, 2.05) is 23.3 Å². The van der Waals surface area contributed by atoms with Gasteiger partial charge >= 0.3 is 0 Å². The average molecular weight is 290 g/mol. The summed E-state index contributed by atoms with van der Waals surface area (Å²) in [6, 6.07) is 2.07. The van der Waals surface area contributed by atoms with Crippen LogP contribution in [-0.2, 0) is 4.74 Å². The number of amides is 1. The number of nitrogens with zero attached hydrogens (tertiary/aromatic N) is 1. The molecule has 15 heavy (non-hydrogen) atoms. The lowest BCUT2D eigenvalue weighted by Crippen LogP contribution is -2.46. The highest BCUT2D eigenvalue weighted by molar-refractivity contribution is 9.10. The molecule has 82 valence electrons. The fourth-order valence-electron chi connectivity index (χ4n) is 1.61. The number of hydrogen-bond donors (Lipinski definition) is 0. The van der Waals surface area contributed by atoms with Crippen LogP contribution in [0.3, 0.4) is 0 Å². The summed E-state index contributed by atoms with van der Waals surface area (Å²) in [4.78, 5) is 14.8. The van der Waals surface area contributed by atoms with Crippen LogP contribution in [0.4, 0.5) is 0 Å². The Morgan fingerprint density at radius 1 is 1.73 bits per heavy atom. The van der Waals surface area contributed by atoms with Crippen molar-refractivity contribution >= 4 is 33.2 Å². The van der Waals surface area contributed by atoms with Gasteiger partial charge in [-0.15, -0.1) is 11.3 Å². The summed E-state index contributed by atoms with van der Waals surface area (Å²) in [6.07, 6.45) is 0. The second-order valence-corrected chi connectivity index (χ2v) is 5.29. The maximum absolute atomic E-state index is 12.1. The molecule has 3 nitrogen and oxygen atoms in total. The minimum atomic E-state index is 0.104. The molecule has 0 radical (unpaired) electrons. The van der Waals surface area contributed by atoms with E-state index < -0.39 is 0 Å². The Kier molecular flexibility index (Phi) is 3.43. The first-order valence-corrected chi connectivity index (χ1v) is 6.49. The van der Waals surface area contributed by atoms with Gasteiger partial charge in [0.15, 0.2) is 0 Å². The molecule has 0 aromatic carbocycles. The minimum Gasteiger partial charge on any atom is -0.377 e. The Labute approximate surface area is 101 Å². The SMILES string of the molecule is CC1COCCN1C(=O)c1sccc1Br. The van der Waals surface area contributed by atoms with Crippen molar-refractivity contribution in [1.82, 2.24) is 4.90 Å². The Hall–Kier alpha value is -0.390. The summed E-state index contributed by atoms with van der Waals surface area (Å²) >= 11 is 4.86. The van der Waals surface area contributed by atoms with Crippen LogP contribution in [-0.4, -0.2) is 36.6 Å². The largest absolute Gasteiger partial charge is 0.377 e. The first-order valence-electron chi connectivity index (χ1n) is 4.82. The van der Waals surface area contributed by atoms with Gasteiger partial charge in [-0.2, -0.15) is 0 Å². The molecule has 2 heterocycles. The molecule has 1 fully saturated rings. The van der Waals surface area contributed by atoms with Crippen molar-refractivity contribution in [1.29, 1.82) is 0 Å². The van der Waals surface area contributed by atoms with Gasteiger partial charge in [-0.1, -0.05) is 0 Å². The fourth-order valence-corrected chi connectivity index (χ4v) is 3.10. The summed E-state index contributed by atoms with van der Waals surface area (Å²) in [5.74, 6) is 0.104. The Morgan fingerprint density at radius 2 is 2.53 bits per heavy atom. The van der Waals surface area contributed by atoms with Crippen LogP contribution in [0, 0.1) is 0 Å². The van der Waals surface area contributed by atoms with Gasteiger partial charge < -0.3 is 9.64 Å². The van der Waals surface area contributed by atoms with Gasteiger partial charge in [0.05, 0.1) is 19.3 Å². The lowest BCUT2D eigenvalue weighted by Gasteiger charge is -2.33. The van der Waals surface area contributed by atoms with Crippen molar-refractivity contribution < 1.29 is 9.53 Å². The van der Waals surface area contributed by atoms with Crippen molar-refractivity contribution in [3.8, 4) is 0 Å². The minimum absolute atomic E-state index is 0.104. The maximum atomic E-state index is 12.1. The first-order chi connectivity index (χ1) is 7.20. The van der Waals surface area contributed by atoms with Crippen LogP contribution < -0.4 is 0 Å². The molecule has 0 spiro atoms. The molecule has 1 unspecified atom stereocenters. The van der Waals surface area contributed by atoms with Crippen molar-refractivity contribution in [3.05, 3.63) is 20.8 Å². The normalized spacial score (nSPS) is 21.7. The molecule has 0 N–H and O–H groups in total. The third-order valence-corrected chi connectivity index (χ3v) is 4.27. The molecule has 1 aromatic rings. The number of hydrogen-bond acceptors (Lipinski definition) is 3. The second-order valence-electron chi connectivity index (χ2n) is 3.52. The third kappa shape index (κ3) is 2.24. The zero-order chi connectivity index (χ0) is 10.8. The van der Waals surface area contributed by atoms with Crippen LogP contribution in [0.1, 0.15) is 16.6 Å².